The third-order valence-corrected chi connectivity index (χ3v) is 2.95. The highest BCUT2D eigenvalue weighted by Crippen LogP contribution is 2.32. The van der Waals surface area contributed by atoms with E-state index >= 15 is 0 Å². The quantitative estimate of drug-likeness (QED) is 0.448. The molecule has 11 heavy (non-hydrogen) atoms. The van der Waals surface area contributed by atoms with Crippen LogP contribution in [0.5, 0.6) is 0 Å². The highest BCUT2D eigenvalue weighted by atomic mass is 127. The molecule has 2 unspecified atom stereocenters. The van der Waals surface area contributed by atoms with Gasteiger partial charge in [0.15, 0.2) is 5.96 Å². The molecule has 1 rings (SSSR count). The molecule has 1 fully saturated rings. The summed E-state index contributed by atoms with van der Waals surface area (Å²) in [4.78, 5) is 4.09. The fourth-order valence-corrected chi connectivity index (χ4v) is 1.95. The minimum atomic E-state index is 0. The van der Waals surface area contributed by atoms with Gasteiger partial charge in [0.25, 0.3) is 0 Å². The molecule has 4 N–H and O–H groups in total. The van der Waals surface area contributed by atoms with Gasteiger partial charge in [0.2, 0.25) is 0 Å². The lowest BCUT2D eigenvalue weighted by Gasteiger charge is -2.31. The van der Waals surface area contributed by atoms with Gasteiger partial charge < -0.3 is 11.5 Å². The Hall–Kier alpha value is 0.350. The van der Waals surface area contributed by atoms with Gasteiger partial charge >= 0.3 is 0 Å². The number of halogens is 1. The Morgan fingerprint density at radius 3 is 2.36 bits per heavy atom. The van der Waals surface area contributed by atoms with Crippen LogP contribution in [0.4, 0.5) is 0 Å². The SMILES string of the molecule is CSC1CCC1N=C(N)N.I. The van der Waals surface area contributed by atoms with Crippen LogP contribution < -0.4 is 11.5 Å². The first-order chi connectivity index (χ1) is 4.74. The van der Waals surface area contributed by atoms with Crippen molar-refractivity contribution in [2.75, 3.05) is 6.26 Å². The van der Waals surface area contributed by atoms with Crippen LogP contribution in [0.1, 0.15) is 12.8 Å². The Morgan fingerprint density at radius 1 is 1.45 bits per heavy atom. The summed E-state index contributed by atoms with van der Waals surface area (Å²) >= 11 is 1.84. The van der Waals surface area contributed by atoms with Crippen molar-refractivity contribution in [2.45, 2.75) is 24.1 Å². The molecule has 0 amide bonds. The third kappa shape index (κ3) is 3.06. The van der Waals surface area contributed by atoms with Crippen LogP contribution in [0, 0.1) is 0 Å². The molecule has 0 aromatic heterocycles. The van der Waals surface area contributed by atoms with Crippen LogP contribution in [-0.2, 0) is 0 Å². The lowest BCUT2D eigenvalue weighted by atomic mass is 9.93. The number of thioether (sulfide) groups is 1. The number of nitrogens with two attached hydrogens (primary N) is 2. The minimum absolute atomic E-state index is 0. The summed E-state index contributed by atoms with van der Waals surface area (Å²) in [5.74, 6) is 0.226. The van der Waals surface area contributed by atoms with Crippen molar-refractivity contribution in [2.24, 2.45) is 16.5 Å². The molecule has 2 atom stereocenters. The number of hydrogen-bond acceptors (Lipinski definition) is 2. The summed E-state index contributed by atoms with van der Waals surface area (Å²) in [7, 11) is 0. The summed E-state index contributed by atoms with van der Waals surface area (Å²) < 4.78 is 0. The molecule has 0 spiro atoms. The summed E-state index contributed by atoms with van der Waals surface area (Å²) in [5, 5.41) is 0.655. The predicted molar refractivity (Wildman–Crippen MR) is 61.5 cm³/mol. The number of rotatable bonds is 2. The predicted octanol–water partition coefficient (Wildman–Crippen LogP) is 0.772. The molecule has 1 aliphatic rings. The van der Waals surface area contributed by atoms with E-state index in [-0.39, 0.29) is 29.9 Å². The van der Waals surface area contributed by atoms with E-state index in [0.717, 1.165) is 6.42 Å². The first-order valence-corrected chi connectivity index (χ1v) is 4.64. The fourth-order valence-electron chi connectivity index (χ4n) is 1.07. The normalized spacial score (nSPS) is 28.1. The largest absolute Gasteiger partial charge is 0.370 e. The van der Waals surface area contributed by atoms with E-state index in [0.29, 0.717) is 11.3 Å². The van der Waals surface area contributed by atoms with Crippen molar-refractivity contribution in [3.8, 4) is 0 Å². The third-order valence-electron chi connectivity index (χ3n) is 1.79. The van der Waals surface area contributed by atoms with E-state index in [4.69, 9.17) is 11.5 Å². The molecular formula is C6H14IN3S. The van der Waals surface area contributed by atoms with Crippen LogP contribution in [-0.4, -0.2) is 23.5 Å². The van der Waals surface area contributed by atoms with Gasteiger partial charge in [-0.15, -0.1) is 24.0 Å². The van der Waals surface area contributed by atoms with Gasteiger partial charge in [0.1, 0.15) is 0 Å². The van der Waals surface area contributed by atoms with E-state index < -0.39 is 0 Å². The van der Waals surface area contributed by atoms with Gasteiger partial charge in [-0.1, -0.05) is 0 Å². The lowest BCUT2D eigenvalue weighted by Crippen LogP contribution is -2.36. The first-order valence-electron chi connectivity index (χ1n) is 3.35. The highest BCUT2D eigenvalue weighted by Gasteiger charge is 2.29. The summed E-state index contributed by atoms with van der Waals surface area (Å²) in [6, 6.07) is 0.389. The zero-order valence-corrected chi connectivity index (χ0v) is 9.63. The summed E-state index contributed by atoms with van der Waals surface area (Å²) in [6.45, 7) is 0. The second-order valence-corrected chi connectivity index (χ2v) is 3.55. The van der Waals surface area contributed by atoms with Gasteiger partial charge in [-0.25, -0.2) is 4.99 Å². The lowest BCUT2D eigenvalue weighted by molar-refractivity contribution is 0.436. The zero-order chi connectivity index (χ0) is 7.56. The van der Waals surface area contributed by atoms with Crippen molar-refractivity contribution in [1.82, 2.24) is 0 Å². The Morgan fingerprint density at radius 2 is 2.09 bits per heavy atom. The van der Waals surface area contributed by atoms with Gasteiger partial charge in [0, 0.05) is 5.25 Å². The molecule has 0 aromatic carbocycles. The molecule has 0 aromatic rings. The van der Waals surface area contributed by atoms with Crippen LogP contribution >= 0.6 is 35.7 Å². The number of aliphatic imine (C=N–C) groups is 1. The zero-order valence-electron chi connectivity index (χ0n) is 6.49. The fraction of sp³-hybridized carbons (Fsp3) is 0.833. The van der Waals surface area contributed by atoms with E-state index in [1.54, 1.807) is 0 Å². The summed E-state index contributed by atoms with van der Waals surface area (Å²) in [6.07, 6.45) is 4.49. The number of guanidine groups is 1. The number of nitrogens with zero attached hydrogens (tertiary/aromatic N) is 1. The van der Waals surface area contributed by atoms with Gasteiger partial charge in [-0.2, -0.15) is 11.8 Å². The van der Waals surface area contributed by atoms with Gasteiger partial charge in [-0.3, -0.25) is 0 Å². The maximum Gasteiger partial charge on any atom is 0.186 e. The van der Waals surface area contributed by atoms with E-state index in [1.165, 1.54) is 6.42 Å². The van der Waals surface area contributed by atoms with Crippen molar-refractivity contribution in [1.29, 1.82) is 0 Å². The van der Waals surface area contributed by atoms with Crippen molar-refractivity contribution in [3.63, 3.8) is 0 Å². The molecule has 1 saturated carbocycles. The molecule has 0 heterocycles. The molecule has 0 bridgehead atoms. The Balaban J connectivity index is 0.000001000. The highest BCUT2D eigenvalue weighted by molar-refractivity contribution is 14.0. The second kappa shape index (κ2) is 5.08. The van der Waals surface area contributed by atoms with Crippen LogP contribution in [0.2, 0.25) is 0 Å². The average Bonchev–Trinajstić information content (AvgIpc) is 1.82. The molecule has 66 valence electrons. The maximum atomic E-state index is 5.24. The topological polar surface area (TPSA) is 64.4 Å². The maximum absolute atomic E-state index is 5.24. The molecule has 1 aliphatic carbocycles. The molecule has 0 radical (unpaired) electrons. The monoisotopic (exact) mass is 287 g/mol. The second-order valence-electron chi connectivity index (χ2n) is 2.47. The Kier molecular flexibility index (Phi) is 5.24. The minimum Gasteiger partial charge on any atom is -0.370 e. The molecule has 3 nitrogen and oxygen atoms in total. The standard InChI is InChI=1S/C6H13N3S.HI/c1-10-5-3-2-4(5)9-6(7)8;/h4-5H,2-3H2,1H3,(H4,7,8,9);1H. The van der Waals surface area contributed by atoms with E-state index in [1.807, 2.05) is 11.8 Å². The van der Waals surface area contributed by atoms with Crippen molar-refractivity contribution < 1.29 is 0 Å². The summed E-state index contributed by atoms with van der Waals surface area (Å²) in [5.41, 5.74) is 10.5. The smallest absolute Gasteiger partial charge is 0.186 e. The molecule has 0 saturated heterocycles. The first kappa shape index (κ1) is 11.4. The molecule has 5 heteroatoms. The van der Waals surface area contributed by atoms with Gasteiger partial charge in [-0.05, 0) is 19.1 Å². The average molecular weight is 287 g/mol. The molecule has 0 aliphatic heterocycles. The van der Waals surface area contributed by atoms with Crippen LogP contribution in [0.15, 0.2) is 4.99 Å². The Labute approximate surface area is 88.4 Å². The van der Waals surface area contributed by atoms with Crippen molar-refractivity contribution in [3.05, 3.63) is 0 Å². The molecular weight excluding hydrogens is 273 g/mol. The Bertz CT molecular complexity index is 145. The van der Waals surface area contributed by atoms with Gasteiger partial charge in [0.05, 0.1) is 6.04 Å². The van der Waals surface area contributed by atoms with E-state index in [2.05, 4.69) is 11.2 Å². The van der Waals surface area contributed by atoms with E-state index in [9.17, 15) is 0 Å². The van der Waals surface area contributed by atoms with Crippen LogP contribution in [0.25, 0.3) is 0 Å². The van der Waals surface area contributed by atoms with Crippen molar-refractivity contribution >= 4 is 41.7 Å². The van der Waals surface area contributed by atoms with Crippen LogP contribution in [0.3, 0.4) is 0 Å². The number of hydrogen-bond donors (Lipinski definition) is 2.